The molecule has 0 spiro atoms. The van der Waals surface area contributed by atoms with E-state index in [0.29, 0.717) is 17.7 Å². The van der Waals surface area contributed by atoms with Gasteiger partial charge in [-0.1, -0.05) is 26.0 Å². The van der Waals surface area contributed by atoms with Gasteiger partial charge in [-0.2, -0.15) is 0 Å². The molecule has 0 aliphatic carbocycles. The first-order chi connectivity index (χ1) is 12.5. The summed E-state index contributed by atoms with van der Waals surface area (Å²) in [6, 6.07) is 14.1. The van der Waals surface area contributed by atoms with Crippen LogP contribution in [0.3, 0.4) is 0 Å². The van der Waals surface area contributed by atoms with Crippen LogP contribution in [-0.2, 0) is 4.74 Å². The van der Waals surface area contributed by atoms with Crippen molar-refractivity contribution in [2.75, 3.05) is 14.2 Å². The van der Waals surface area contributed by atoms with Crippen molar-refractivity contribution in [2.45, 2.75) is 32.5 Å². The van der Waals surface area contributed by atoms with Crippen LogP contribution in [0.1, 0.15) is 42.3 Å². The molecule has 5 nitrogen and oxygen atoms in total. The minimum absolute atomic E-state index is 0.254. The molecule has 0 bridgehead atoms. The van der Waals surface area contributed by atoms with E-state index in [4.69, 9.17) is 14.2 Å². The summed E-state index contributed by atoms with van der Waals surface area (Å²) in [5.74, 6) is 0.694. The lowest BCUT2D eigenvalue weighted by Crippen LogP contribution is -2.27. The van der Waals surface area contributed by atoms with E-state index in [2.05, 4.69) is 0 Å². The number of esters is 1. The van der Waals surface area contributed by atoms with Gasteiger partial charge in [-0.15, -0.1) is 0 Å². The van der Waals surface area contributed by atoms with E-state index in [0.717, 1.165) is 11.3 Å². The molecule has 0 saturated carbocycles. The quantitative estimate of drug-likeness (QED) is 0.722. The van der Waals surface area contributed by atoms with E-state index < -0.39 is 18.2 Å². The molecule has 0 aliphatic heterocycles. The van der Waals surface area contributed by atoms with Crippen LogP contribution in [-0.4, -0.2) is 31.4 Å². The van der Waals surface area contributed by atoms with E-state index in [1.807, 2.05) is 38.1 Å². The van der Waals surface area contributed by atoms with Gasteiger partial charge in [0, 0.05) is 5.92 Å². The van der Waals surface area contributed by atoms with Gasteiger partial charge in [0.05, 0.1) is 25.9 Å². The van der Waals surface area contributed by atoms with Gasteiger partial charge in [-0.05, 0) is 48.4 Å². The van der Waals surface area contributed by atoms with Gasteiger partial charge in [0.25, 0.3) is 0 Å². The number of carbonyl (C=O) groups excluding carboxylic acids is 1. The zero-order valence-corrected chi connectivity index (χ0v) is 15.6. The number of ether oxygens (including phenoxy) is 3. The average Bonchev–Trinajstić information content (AvgIpc) is 2.70. The van der Waals surface area contributed by atoms with Gasteiger partial charge in [0.2, 0.25) is 0 Å². The molecule has 1 N–H and O–H groups in total. The van der Waals surface area contributed by atoms with Crippen LogP contribution in [0.5, 0.6) is 11.5 Å². The Kier molecular flexibility index (Phi) is 7.04. The molecule has 0 radical (unpaired) electrons. The third kappa shape index (κ3) is 4.76. The summed E-state index contributed by atoms with van der Waals surface area (Å²) >= 11 is 0. The van der Waals surface area contributed by atoms with E-state index in [-0.39, 0.29) is 5.92 Å². The minimum Gasteiger partial charge on any atom is -0.497 e. The molecule has 0 saturated heterocycles. The third-order valence-electron chi connectivity index (χ3n) is 4.51. The lowest BCUT2D eigenvalue weighted by molar-refractivity contribution is -0.0154. The topological polar surface area (TPSA) is 65.0 Å². The predicted molar refractivity (Wildman–Crippen MR) is 99.6 cm³/mol. The van der Waals surface area contributed by atoms with Crippen molar-refractivity contribution in [3.63, 3.8) is 0 Å². The number of hydrogen-bond acceptors (Lipinski definition) is 5. The largest absolute Gasteiger partial charge is 0.497 e. The minimum atomic E-state index is -0.578. The molecule has 0 unspecified atom stereocenters. The molecule has 26 heavy (non-hydrogen) atoms. The third-order valence-corrected chi connectivity index (χ3v) is 4.51. The molecule has 0 aliphatic rings. The Morgan fingerprint density at radius 1 is 0.962 bits per heavy atom. The van der Waals surface area contributed by atoms with Crippen LogP contribution in [0.25, 0.3) is 0 Å². The number of methoxy groups -OCH3 is 2. The first kappa shape index (κ1) is 19.8. The lowest BCUT2D eigenvalue weighted by atomic mass is 9.91. The average molecular weight is 358 g/mol. The summed E-state index contributed by atoms with van der Waals surface area (Å²) in [5, 5.41) is 10.3. The number of hydrogen-bond donors (Lipinski definition) is 1. The summed E-state index contributed by atoms with van der Waals surface area (Å²) in [4.78, 5) is 12.6. The Labute approximate surface area is 154 Å². The number of aliphatic hydroxyl groups is 1. The molecule has 0 aromatic heterocycles. The Morgan fingerprint density at radius 3 is 1.92 bits per heavy atom. The first-order valence-corrected chi connectivity index (χ1v) is 8.67. The highest BCUT2D eigenvalue weighted by atomic mass is 16.5. The maximum Gasteiger partial charge on any atom is 0.338 e. The number of rotatable bonds is 8. The molecule has 140 valence electrons. The number of carbonyl (C=O) groups is 1. The molecule has 3 atom stereocenters. The highest BCUT2D eigenvalue weighted by molar-refractivity contribution is 5.89. The van der Waals surface area contributed by atoms with E-state index in [9.17, 15) is 9.90 Å². The van der Waals surface area contributed by atoms with Crippen molar-refractivity contribution in [1.29, 1.82) is 0 Å². The fourth-order valence-electron chi connectivity index (χ4n) is 2.76. The predicted octanol–water partition coefficient (Wildman–Crippen LogP) is 4.01. The van der Waals surface area contributed by atoms with Crippen molar-refractivity contribution in [3.8, 4) is 11.5 Å². The van der Waals surface area contributed by atoms with Gasteiger partial charge < -0.3 is 19.3 Å². The Hall–Kier alpha value is -2.53. The van der Waals surface area contributed by atoms with E-state index in [1.165, 1.54) is 0 Å². The fraction of sp³-hybridized carbons (Fsp3) is 0.381. The summed E-state index contributed by atoms with van der Waals surface area (Å²) < 4.78 is 16.1. The van der Waals surface area contributed by atoms with Crippen molar-refractivity contribution in [1.82, 2.24) is 0 Å². The molecule has 2 rings (SSSR count). The SMILES string of the molecule is CC[C@H](O)[C@@H](C)[C@@H](OC(=O)c1ccc(OC)cc1)c1ccc(OC)cc1. The highest BCUT2D eigenvalue weighted by Gasteiger charge is 2.28. The Balaban J connectivity index is 2.25. The fourth-order valence-corrected chi connectivity index (χ4v) is 2.76. The number of benzene rings is 2. The second-order valence-corrected chi connectivity index (χ2v) is 6.16. The summed E-state index contributed by atoms with van der Waals surface area (Å²) in [7, 11) is 3.17. The van der Waals surface area contributed by atoms with Crippen molar-refractivity contribution in [3.05, 3.63) is 59.7 Å². The van der Waals surface area contributed by atoms with Gasteiger partial charge >= 0.3 is 5.97 Å². The van der Waals surface area contributed by atoms with E-state index in [1.54, 1.807) is 38.5 Å². The molecule has 2 aromatic carbocycles. The molecule has 5 heteroatoms. The van der Waals surface area contributed by atoms with Crippen LogP contribution in [0.4, 0.5) is 0 Å². The second kappa shape index (κ2) is 9.25. The zero-order chi connectivity index (χ0) is 19.1. The van der Waals surface area contributed by atoms with Crippen LogP contribution in [0, 0.1) is 5.92 Å². The van der Waals surface area contributed by atoms with Crippen molar-refractivity contribution >= 4 is 5.97 Å². The summed E-state index contributed by atoms with van der Waals surface area (Å²) in [6.45, 7) is 3.78. The summed E-state index contributed by atoms with van der Waals surface area (Å²) in [6.07, 6.45) is -0.565. The van der Waals surface area contributed by atoms with Crippen molar-refractivity contribution < 1.29 is 24.1 Å². The Bertz CT molecular complexity index is 693. The van der Waals surface area contributed by atoms with E-state index >= 15 is 0 Å². The molecular formula is C21H26O5. The standard InChI is InChI=1S/C21H26O5/c1-5-19(22)14(2)20(15-6-10-17(24-3)11-7-15)26-21(23)16-8-12-18(25-4)13-9-16/h6-14,19-20,22H,5H2,1-4H3/t14-,19+,20-/m1/s1. The molecule has 0 fully saturated rings. The molecular weight excluding hydrogens is 332 g/mol. The van der Waals surface area contributed by atoms with Gasteiger partial charge in [-0.25, -0.2) is 4.79 Å². The molecule has 0 amide bonds. The smallest absolute Gasteiger partial charge is 0.338 e. The maximum atomic E-state index is 12.6. The first-order valence-electron chi connectivity index (χ1n) is 8.67. The van der Waals surface area contributed by atoms with Gasteiger partial charge in [-0.3, -0.25) is 0 Å². The lowest BCUT2D eigenvalue weighted by Gasteiger charge is -2.28. The number of aliphatic hydroxyl groups excluding tert-OH is 1. The van der Waals surface area contributed by atoms with Gasteiger partial charge in [0.15, 0.2) is 0 Å². The monoisotopic (exact) mass is 358 g/mol. The second-order valence-electron chi connectivity index (χ2n) is 6.16. The molecule has 0 heterocycles. The highest BCUT2D eigenvalue weighted by Crippen LogP contribution is 2.31. The van der Waals surface area contributed by atoms with Crippen LogP contribution < -0.4 is 9.47 Å². The Morgan fingerprint density at radius 2 is 1.46 bits per heavy atom. The summed E-state index contributed by atoms with van der Waals surface area (Å²) in [5.41, 5.74) is 1.25. The van der Waals surface area contributed by atoms with Crippen LogP contribution in [0.2, 0.25) is 0 Å². The normalized spacial score (nSPS) is 14.2. The van der Waals surface area contributed by atoms with Gasteiger partial charge in [0.1, 0.15) is 17.6 Å². The van der Waals surface area contributed by atoms with Crippen LogP contribution in [0.15, 0.2) is 48.5 Å². The maximum absolute atomic E-state index is 12.6. The zero-order valence-electron chi connectivity index (χ0n) is 15.6. The van der Waals surface area contributed by atoms with Crippen LogP contribution >= 0.6 is 0 Å². The van der Waals surface area contributed by atoms with Crippen molar-refractivity contribution in [2.24, 2.45) is 5.92 Å². The molecule has 2 aromatic rings.